The molecule has 0 bridgehead atoms. The molecule has 0 aliphatic carbocycles. The number of hydrogen-bond donors (Lipinski definition) is 1. The van der Waals surface area contributed by atoms with Crippen molar-refractivity contribution < 1.29 is 4.79 Å². The van der Waals surface area contributed by atoms with Crippen molar-refractivity contribution >= 4 is 33.6 Å². The van der Waals surface area contributed by atoms with Crippen molar-refractivity contribution in [1.82, 2.24) is 5.32 Å². The number of rotatable bonds is 6. The van der Waals surface area contributed by atoms with E-state index < -0.39 is 0 Å². The van der Waals surface area contributed by atoms with E-state index in [1.54, 1.807) is 11.8 Å². The fraction of sp³-hybridized carbons (Fsp3) is 0.235. The van der Waals surface area contributed by atoms with Gasteiger partial charge in [-0.3, -0.25) is 4.79 Å². The van der Waals surface area contributed by atoms with E-state index in [2.05, 4.69) is 33.4 Å². The number of nitrogens with one attached hydrogen (secondary N) is 1. The maximum absolute atomic E-state index is 11.8. The molecule has 0 aromatic heterocycles. The first-order valence-corrected chi connectivity index (χ1v) is 8.62. The van der Waals surface area contributed by atoms with Gasteiger partial charge in [0, 0.05) is 21.7 Å². The molecule has 4 heteroatoms. The Morgan fingerprint density at radius 3 is 2.43 bits per heavy atom. The lowest BCUT2D eigenvalue weighted by Crippen LogP contribution is -2.27. The first kappa shape index (κ1) is 16.1. The minimum absolute atomic E-state index is 0.0789. The van der Waals surface area contributed by atoms with Crippen molar-refractivity contribution in [3.8, 4) is 0 Å². The van der Waals surface area contributed by atoms with E-state index in [1.165, 1.54) is 10.5 Å². The van der Waals surface area contributed by atoms with Gasteiger partial charge in [0.25, 0.3) is 0 Å². The van der Waals surface area contributed by atoms with Crippen LogP contribution < -0.4 is 5.32 Å². The zero-order chi connectivity index (χ0) is 15.1. The normalized spacial score (nSPS) is 10.4. The van der Waals surface area contributed by atoms with Crippen LogP contribution in [0.3, 0.4) is 0 Å². The van der Waals surface area contributed by atoms with E-state index in [9.17, 15) is 4.79 Å². The molecular formula is C17H18BrNOS. The van der Waals surface area contributed by atoms with E-state index >= 15 is 0 Å². The summed E-state index contributed by atoms with van der Waals surface area (Å²) >= 11 is 5.16. The molecule has 110 valence electrons. The molecule has 0 heterocycles. The fourth-order valence-corrected chi connectivity index (χ4v) is 2.88. The third-order valence-corrected chi connectivity index (χ3v) is 4.53. The lowest BCUT2D eigenvalue weighted by molar-refractivity contribution is -0.120. The van der Waals surface area contributed by atoms with Crippen LogP contribution in [0.2, 0.25) is 0 Å². The molecule has 1 amide bonds. The molecule has 2 aromatic carbocycles. The molecule has 0 saturated carbocycles. The van der Waals surface area contributed by atoms with Crippen LogP contribution in [0.25, 0.3) is 0 Å². The van der Waals surface area contributed by atoms with Gasteiger partial charge < -0.3 is 5.32 Å². The van der Waals surface area contributed by atoms with Crippen LogP contribution in [0.5, 0.6) is 0 Å². The van der Waals surface area contributed by atoms with Crippen molar-refractivity contribution in [2.24, 2.45) is 0 Å². The number of benzene rings is 2. The van der Waals surface area contributed by atoms with Crippen LogP contribution in [0.1, 0.15) is 11.1 Å². The molecule has 2 rings (SSSR count). The zero-order valence-corrected chi connectivity index (χ0v) is 14.3. The van der Waals surface area contributed by atoms with Gasteiger partial charge in [-0.2, -0.15) is 0 Å². The number of amides is 1. The van der Waals surface area contributed by atoms with Gasteiger partial charge in [-0.1, -0.05) is 45.8 Å². The summed E-state index contributed by atoms with van der Waals surface area (Å²) in [5.74, 6) is 0.955. The summed E-state index contributed by atoms with van der Waals surface area (Å²) in [6.07, 6.45) is 0.448. The summed E-state index contributed by atoms with van der Waals surface area (Å²) < 4.78 is 1.08. The van der Waals surface area contributed by atoms with Crippen LogP contribution in [0, 0.1) is 6.92 Å². The van der Waals surface area contributed by atoms with E-state index in [-0.39, 0.29) is 5.91 Å². The molecule has 0 atom stereocenters. The predicted molar refractivity (Wildman–Crippen MR) is 92.8 cm³/mol. The third kappa shape index (κ3) is 5.94. The van der Waals surface area contributed by atoms with Crippen molar-refractivity contribution in [2.45, 2.75) is 18.2 Å². The second-order valence-corrected chi connectivity index (χ2v) is 6.90. The van der Waals surface area contributed by atoms with Crippen molar-refractivity contribution in [3.63, 3.8) is 0 Å². The molecule has 0 fully saturated rings. The first-order valence-electron chi connectivity index (χ1n) is 6.84. The van der Waals surface area contributed by atoms with E-state index in [0.717, 1.165) is 15.8 Å². The Kier molecular flexibility index (Phi) is 6.33. The molecule has 0 radical (unpaired) electrons. The molecule has 2 nitrogen and oxygen atoms in total. The number of hydrogen-bond acceptors (Lipinski definition) is 2. The average molecular weight is 364 g/mol. The first-order chi connectivity index (χ1) is 10.1. The molecule has 0 aliphatic heterocycles. The van der Waals surface area contributed by atoms with Gasteiger partial charge in [0.15, 0.2) is 0 Å². The van der Waals surface area contributed by atoms with Gasteiger partial charge in [0.2, 0.25) is 5.91 Å². The van der Waals surface area contributed by atoms with Gasteiger partial charge in [-0.25, -0.2) is 0 Å². The molecule has 0 saturated heterocycles. The van der Waals surface area contributed by atoms with Crippen molar-refractivity contribution in [1.29, 1.82) is 0 Å². The molecule has 21 heavy (non-hydrogen) atoms. The Bertz CT molecular complexity index is 581. The summed E-state index contributed by atoms with van der Waals surface area (Å²) in [4.78, 5) is 13.0. The number of carbonyl (C=O) groups excluding carboxylic acids is 1. The van der Waals surface area contributed by atoms with Gasteiger partial charge in [-0.05, 0) is 36.8 Å². The lowest BCUT2D eigenvalue weighted by Gasteiger charge is -2.06. The smallest absolute Gasteiger partial charge is 0.224 e. The highest BCUT2D eigenvalue weighted by molar-refractivity contribution is 9.10. The standard InChI is InChI=1S/C17H18BrNOS/c1-13-2-4-14(5-3-13)12-17(20)19-10-11-21-16-8-6-15(18)7-9-16/h2-9H,10-12H2,1H3,(H,19,20). The highest BCUT2D eigenvalue weighted by Crippen LogP contribution is 2.19. The number of aryl methyl sites for hydroxylation is 1. The molecule has 1 N–H and O–H groups in total. The van der Waals surface area contributed by atoms with Crippen LogP contribution >= 0.6 is 27.7 Å². The van der Waals surface area contributed by atoms with Crippen LogP contribution in [0.15, 0.2) is 57.9 Å². The maximum Gasteiger partial charge on any atom is 0.224 e. The van der Waals surface area contributed by atoms with Crippen molar-refractivity contribution in [2.75, 3.05) is 12.3 Å². The van der Waals surface area contributed by atoms with Crippen LogP contribution in [0.4, 0.5) is 0 Å². The number of carbonyl (C=O) groups is 1. The Balaban J connectivity index is 1.67. The molecule has 0 spiro atoms. The number of thioether (sulfide) groups is 1. The topological polar surface area (TPSA) is 29.1 Å². The second-order valence-electron chi connectivity index (χ2n) is 4.81. The van der Waals surface area contributed by atoms with Gasteiger partial charge >= 0.3 is 0 Å². The van der Waals surface area contributed by atoms with Crippen LogP contribution in [-0.4, -0.2) is 18.2 Å². The summed E-state index contributed by atoms with van der Waals surface area (Å²) in [7, 11) is 0. The Morgan fingerprint density at radius 1 is 1.10 bits per heavy atom. The van der Waals surface area contributed by atoms with Gasteiger partial charge in [0.1, 0.15) is 0 Å². The SMILES string of the molecule is Cc1ccc(CC(=O)NCCSc2ccc(Br)cc2)cc1. The minimum Gasteiger partial charge on any atom is -0.355 e. The highest BCUT2D eigenvalue weighted by Gasteiger charge is 2.02. The lowest BCUT2D eigenvalue weighted by atomic mass is 10.1. The molecule has 2 aromatic rings. The maximum atomic E-state index is 11.8. The largest absolute Gasteiger partial charge is 0.355 e. The summed E-state index contributed by atoms with van der Waals surface area (Å²) in [6, 6.07) is 16.3. The van der Waals surface area contributed by atoms with Crippen LogP contribution in [-0.2, 0) is 11.2 Å². The van der Waals surface area contributed by atoms with Gasteiger partial charge in [-0.15, -0.1) is 11.8 Å². The fourth-order valence-electron chi connectivity index (χ4n) is 1.84. The summed E-state index contributed by atoms with van der Waals surface area (Å²) in [6.45, 7) is 2.73. The minimum atomic E-state index is 0.0789. The second kappa shape index (κ2) is 8.25. The zero-order valence-electron chi connectivity index (χ0n) is 11.9. The molecule has 0 unspecified atom stereocenters. The number of halogens is 1. The molecule has 0 aliphatic rings. The summed E-state index contributed by atoms with van der Waals surface area (Å²) in [5.41, 5.74) is 2.27. The Labute approximate surface area is 138 Å². The quantitative estimate of drug-likeness (QED) is 0.615. The Morgan fingerprint density at radius 2 is 1.76 bits per heavy atom. The molecular weight excluding hydrogens is 346 g/mol. The van der Waals surface area contributed by atoms with Gasteiger partial charge in [0.05, 0.1) is 6.42 Å². The third-order valence-electron chi connectivity index (χ3n) is 2.99. The summed E-state index contributed by atoms with van der Waals surface area (Å²) in [5, 5.41) is 2.96. The predicted octanol–water partition coefficient (Wildman–Crippen LogP) is 4.21. The average Bonchev–Trinajstić information content (AvgIpc) is 2.48. The van der Waals surface area contributed by atoms with E-state index in [1.807, 2.05) is 43.3 Å². The Hall–Kier alpha value is -1.26. The van der Waals surface area contributed by atoms with E-state index in [0.29, 0.717) is 13.0 Å². The van der Waals surface area contributed by atoms with E-state index in [4.69, 9.17) is 0 Å². The van der Waals surface area contributed by atoms with Crippen molar-refractivity contribution in [3.05, 3.63) is 64.1 Å². The highest BCUT2D eigenvalue weighted by atomic mass is 79.9. The monoisotopic (exact) mass is 363 g/mol.